The van der Waals surface area contributed by atoms with E-state index in [1.165, 1.54) is 35.1 Å². The van der Waals surface area contributed by atoms with Gasteiger partial charge in [-0.05, 0) is 43.5 Å². The summed E-state index contributed by atoms with van der Waals surface area (Å²) in [5.41, 5.74) is 2.14. The minimum absolute atomic E-state index is 0.0304. The van der Waals surface area contributed by atoms with Crippen molar-refractivity contribution in [1.29, 1.82) is 0 Å². The monoisotopic (exact) mass is 702 g/mol. The predicted octanol–water partition coefficient (Wildman–Crippen LogP) is 4.89. The molecule has 2 aliphatic heterocycles. The fourth-order valence-electron chi connectivity index (χ4n) is 6.10. The molecule has 2 saturated heterocycles. The Hall–Kier alpha value is -4.32. The molecule has 6 heterocycles. The van der Waals surface area contributed by atoms with E-state index in [2.05, 4.69) is 41.0 Å². The summed E-state index contributed by atoms with van der Waals surface area (Å²) in [5, 5.41) is 24.9. The quantitative estimate of drug-likeness (QED) is 0.219. The van der Waals surface area contributed by atoms with Crippen LogP contribution in [0.3, 0.4) is 0 Å². The Kier molecular flexibility index (Phi) is 8.69. The van der Waals surface area contributed by atoms with Crippen LogP contribution in [-0.2, 0) is 22.4 Å². The first-order chi connectivity index (χ1) is 23.0. The maximum atomic E-state index is 13.3. The lowest BCUT2D eigenvalue weighted by atomic mass is 9.82. The molecule has 4 aromatic heterocycles. The number of halogens is 4. The van der Waals surface area contributed by atoms with E-state index in [4.69, 9.17) is 0 Å². The van der Waals surface area contributed by atoms with Crippen molar-refractivity contribution in [3.8, 4) is 0 Å². The standard InChI is InChI=1S/C30H30F4N10O2S2/c31-29(32)13-43(14-29)21-4-6-35-19(9-21)11-23(45)37-27-41-39-25(47-27)17-2-1-3-18(8-17)26-40-42-28(48-26)38-24(46)12-20-10-22(5-7-36-20)44-15-30(33,34)16-44/h4-7,9-10,17-18H,1-3,8,11-16H2,(H,37,41,45)(H,38,42,46)/t17-,18-/m0/s1. The number of carbonyl (C=O) groups is 2. The third kappa shape index (κ3) is 7.53. The molecule has 0 aromatic carbocycles. The van der Waals surface area contributed by atoms with E-state index in [1.54, 1.807) is 34.1 Å². The van der Waals surface area contributed by atoms with Crippen molar-refractivity contribution in [2.45, 2.75) is 62.2 Å². The fourth-order valence-corrected chi connectivity index (χ4v) is 7.92. The molecular formula is C30H30F4N10O2S2. The Bertz CT molecular complexity index is 1680. The molecule has 2 amide bonds. The van der Waals surface area contributed by atoms with Crippen molar-refractivity contribution in [3.05, 3.63) is 58.1 Å². The van der Waals surface area contributed by atoms with E-state index >= 15 is 0 Å². The SMILES string of the molecule is O=C(Cc1cc(N2CC(F)(F)C2)ccn1)Nc1nnc([C@H]2CCC[C@H](c3nnc(NC(=O)Cc4cc(N5CC(F)(F)C5)ccn4)s3)C2)s1. The summed E-state index contributed by atoms with van der Waals surface area (Å²) in [4.78, 5) is 36.9. The lowest BCUT2D eigenvalue weighted by molar-refractivity contribution is -0.116. The summed E-state index contributed by atoms with van der Waals surface area (Å²) in [5.74, 6) is -5.81. The molecule has 0 radical (unpaired) electrons. The normalized spacial score (nSPS) is 21.2. The number of nitrogens with zero attached hydrogens (tertiary/aromatic N) is 8. The molecule has 1 aliphatic carbocycles. The molecule has 4 aromatic rings. The van der Waals surface area contributed by atoms with Gasteiger partial charge in [-0.2, -0.15) is 0 Å². The second-order valence-corrected chi connectivity index (χ2v) is 14.4. The molecule has 1 saturated carbocycles. The lowest BCUT2D eigenvalue weighted by Gasteiger charge is -2.40. The molecule has 2 N–H and O–H groups in total. The summed E-state index contributed by atoms with van der Waals surface area (Å²) in [6.07, 6.45) is 6.48. The van der Waals surface area contributed by atoms with Gasteiger partial charge in [-0.15, -0.1) is 20.4 Å². The van der Waals surface area contributed by atoms with Gasteiger partial charge in [-0.25, -0.2) is 17.6 Å². The minimum atomic E-state index is -2.69. The van der Waals surface area contributed by atoms with Crippen LogP contribution in [0.15, 0.2) is 36.7 Å². The molecule has 48 heavy (non-hydrogen) atoms. The Morgan fingerprint density at radius 1 is 0.729 bits per heavy atom. The molecule has 3 aliphatic rings. The molecule has 2 atom stereocenters. The maximum absolute atomic E-state index is 13.3. The summed E-state index contributed by atoms with van der Waals surface area (Å²) in [6, 6.07) is 6.58. The van der Waals surface area contributed by atoms with E-state index in [9.17, 15) is 27.2 Å². The molecule has 0 bridgehead atoms. The highest BCUT2D eigenvalue weighted by molar-refractivity contribution is 7.15. The van der Waals surface area contributed by atoms with Crippen LogP contribution < -0.4 is 20.4 Å². The highest BCUT2D eigenvalue weighted by Crippen LogP contribution is 2.43. The van der Waals surface area contributed by atoms with Gasteiger partial charge in [-0.3, -0.25) is 19.6 Å². The van der Waals surface area contributed by atoms with Crippen LogP contribution >= 0.6 is 22.7 Å². The number of pyridine rings is 2. The summed E-state index contributed by atoms with van der Waals surface area (Å²) >= 11 is 2.63. The van der Waals surface area contributed by atoms with Crippen molar-refractivity contribution in [2.75, 3.05) is 46.6 Å². The van der Waals surface area contributed by atoms with Crippen molar-refractivity contribution in [2.24, 2.45) is 0 Å². The Balaban J connectivity index is 0.899. The van der Waals surface area contributed by atoms with E-state index in [-0.39, 0.29) is 62.7 Å². The molecule has 18 heteroatoms. The van der Waals surface area contributed by atoms with Gasteiger partial charge in [0.15, 0.2) is 0 Å². The third-order valence-electron chi connectivity index (χ3n) is 8.45. The maximum Gasteiger partial charge on any atom is 0.282 e. The van der Waals surface area contributed by atoms with Crippen molar-refractivity contribution in [3.63, 3.8) is 0 Å². The second-order valence-electron chi connectivity index (χ2n) is 12.3. The van der Waals surface area contributed by atoms with Crippen molar-refractivity contribution >= 4 is 56.1 Å². The second kappa shape index (κ2) is 12.9. The molecule has 0 unspecified atom stereocenters. The summed E-state index contributed by atoms with van der Waals surface area (Å²) in [7, 11) is 0. The zero-order valence-corrected chi connectivity index (χ0v) is 27.0. The largest absolute Gasteiger partial charge is 0.359 e. The van der Waals surface area contributed by atoms with Crippen molar-refractivity contribution in [1.82, 2.24) is 30.4 Å². The van der Waals surface area contributed by atoms with Crippen LogP contribution in [0.1, 0.15) is 58.9 Å². The average molecular weight is 703 g/mol. The molecule has 252 valence electrons. The van der Waals surface area contributed by atoms with Crippen LogP contribution in [-0.4, -0.2) is 80.2 Å². The van der Waals surface area contributed by atoms with Crippen LogP contribution in [0.25, 0.3) is 0 Å². The number of aromatic nitrogens is 6. The van der Waals surface area contributed by atoms with Gasteiger partial charge < -0.3 is 20.4 Å². The van der Waals surface area contributed by atoms with Gasteiger partial charge in [0, 0.05) is 35.6 Å². The summed E-state index contributed by atoms with van der Waals surface area (Å²) < 4.78 is 53.0. The van der Waals surface area contributed by atoms with Gasteiger partial charge in [0.1, 0.15) is 10.0 Å². The zero-order chi connectivity index (χ0) is 33.5. The number of rotatable bonds is 10. The number of amides is 2. The highest BCUT2D eigenvalue weighted by atomic mass is 32.1. The number of hydrogen-bond acceptors (Lipinski definition) is 12. The Morgan fingerprint density at radius 3 is 1.58 bits per heavy atom. The van der Waals surface area contributed by atoms with Gasteiger partial charge in [0.2, 0.25) is 22.1 Å². The highest BCUT2D eigenvalue weighted by Gasteiger charge is 2.44. The minimum Gasteiger partial charge on any atom is -0.359 e. The molecule has 12 nitrogen and oxygen atoms in total. The molecular weight excluding hydrogens is 673 g/mol. The van der Waals surface area contributed by atoms with Crippen LogP contribution in [0.2, 0.25) is 0 Å². The first kappa shape index (κ1) is 32.2. The van der Waals surface area contributed by atoms with Crippen molar-refractivity contribution < 1.29 is 27.2 Å². The van der Waals surface area contributed by atoms with Gasteiger partial charge in [-0.1, -0.05) is 29.1 Å². The number of anilines is 4. The first-order valence-electron chi connectivity index (χ1n) is 15.4. The predicted molar refractivity (Wildman–Crippen MR) is 171 cm³/mol. The van der Waals surface area contributed by atoms with Gasteiger partial charge in [0.05, 0.1) is 50.4 Å². The van der Waals surface area contributed by atoms with Crippen LogP contribution in [0.4, 0.5) is 39.2 Å². The van der Waals surface area contributed by atoms with E-state index in [0.29, 0.717) is 33.0 Å². The number of alkyl halides is 4. The Morgan fingerprint density at radius 2 is 1.17 bits per heavy atom. The number of nitrogens with one attached hydrogen (secondary N) is 2. The number of hydrogen-bond donors (Lipinski definition) is 2. The smallest absolute Gasteiger partial charge is 0.282 e. The number of carbonyl (C=O) groups excluding carboxylic acids is 2. The van der Waals surface area contributed by atoms with Crippen LogP contribution in [0, 0.1) is 0 Å². The topological polar surface area (TPSA) is 142 Å². The van der Waals surface area contributed by atoms with E-state index < -0.39 is 11.8 Å². The van der Waals surface area contributed by atoms with Gasteiger partial charge >= 0.3 is 0 Å². The molecule has 0 spiro atoms. The lowest BCUT2D eigenvalue weighted by Crippen LogP contribution is -2.56. The van der Waals surface area contributed by atoms with E-state index in [1.807, 2.05) is 0 Å². The van der Waals surface area contributed by atoms with Gasteiger partial charge in [0.25, 0.3) is 11.8 Å². The third-order valence-corrected chi connectivity index (χ3v) is 10.5. The molecule has 3 fully saturated rings. The summed E-state index contributed by atoms with van der Waals surface area (Å²) in [6.45, 7) is -1.40. The Labute approximate surface area is 280 Å². The van der Waals surface area contributed by atoms with E-state index in [0.717, 1.165) is 35.7 Å². The first-order valence-corrected chi connectivity index (χ1v) is 17.0. The molecule has 7 rings (SSSR count). The zero-order valence-electron chi connectivity index (χ0n) is 25.4. The fraction of sp³-hybridized carbons (Fsp3) is 0.467. The average Bonchev–Trinajstić information content (AvgIpc) is 3.69. The van der Waals surface area contributed by atoms with Crippen LogP contribution in [0.5, 0.6) is 0 Å².